The Morgan fingerprint density at radius 1 is 1.00 bits per heavy atom. The summed E-state index contributed by atoms with van der Waals surface area (Å²) in [4.78, 5) is 16.9. The molecule has 0 bridgehead atoms. The fourth-order valence-corrected chi connectivity index (χ4v) is 3.49. The summed E-state index contributed by atoms with van der Waals surface area (Å²) in [6.07, 6.45) is 1.75. The maximum atomic E-state index is 12.5. The lowest BCUT2D eigenvalue weighted by Crippen LogP contribution is -2.19. The molecule has 7 heteroatoms. The van der Waals surface area contributed by atoms with Crippen molar-refractivity contribution < 1.29 is 19.0 Å². The van der Waals surface area contributed by atoms with Crippen molar-refractivity contribution in [3.63, 3.8) is 0 Å². The predicted molar refractivity (Wildman–Crippen MR) is 125 cm³/mol. The fraction of sp³-hybridized carbons (Fsp3) is 0.115. The second kappa shape index (κ2) is 9.00. The molecule has 1 aliphatic heterocycles. The van der Waals surface area contributed by atoms with Gasteiger partial charge in [0, 0.05) is 22.7 Å². The molecule has 1 aromatic heterocycles. The number of fused-ring (bicyclic) bond motifs is 2. The maximum absolute atomic E-state index is 12.5. The Labute approximate surface area is 190 Å². The Kier molecular flexibility index (Phi) is 5.59. The van der Waals surface area contributed by atoms with Crippen LogP contribution in [0.2, 0.25) is 0 Å². The Bertz CT molecular complexity index is 1340. The molecule has 7 nitrogen and oxygen atoms in total. The van der Waals surface area contributed by atoms with Crippen LogP contribution in [0.3, 0.4) is 0 Å². The van der Waals surface area contributed by atoms with E-state index >= 15 is 0 Å². The molecule has 1 amide bonds. The molecular weight excluding hydrogens is 418 g/mol. The average molecular weight is 439 g/mol. The smallest absolute Gasteiger partial charge is 0.271 e. The van der Waals surface area contributed by atoms with Crippen LogP contribution in [-0.4, -0.2) is 23.4 Å². The summed E-state index contributed by atoms with van der Waals surface area (Å²) >= 11 is 0. The van der Waals surface area contributed by atoms with Crippen LogP contribution in [0.4, 0.5) is 0 Å². The van der Waals surface area contributed by atoms with Gasteiger partial charge < -0.3 is 14.2 Å². The van der Waals surface area contributed by atoms with Gasteiger partial charge in [-0.1, -0.05) is 30.3 Å². The Balaban J connectivity index is 1.21. The van der Waals surface area contributed by atoms with E-state index in [1.54, 1.807) is 18.3 Å². The quantitative estimate of drug-likeness (QED) is 0.348. The number of nitrogens with zero attached hydrogens (tertiary/aromatic N) is 2. The summed E-state index contributed by atoms with van der Waals surface area (Å²) in [5.74, 6) is 1.81. The lowest BCUT2D eigenvalue weighted by Gasteiger charge is -2.09. The molecule has 0 saturated heterocycles. The van der Waals surface area contributed by atoms with E-state index in [2.05, 4.69) is 15.5 Å². The number of carbonyl (C=O) groups is 1. The normalized spacial score (nSPS) is 12.6. The molecule has 0 fully saturated rings. The molecule has 0 radical (unpaired) electrons. The standard InChI is InChI=1S/C26H21N3O4/c1-17(21-11-12-22-24(14-21)33-16-32-22)28-29-26(30)20-9-7-18(8-10-20)15-31-23-6-2-4-19-5-3-13-27-25(19)23/h2-14H,15-16H2,1H3,(H,29,30)/b28-17-. The number of rotatable bonds is 6. The SMILES string of the molecule is C/C(=N/NC(=O)c1ccc(COc2cccc3cccnc23)cc1)c1ccc2c(c1)OCO2. The topological polar surface area (TPSA) is 82.0 Å². The number of hydrogen-bond acceptors (Lipinski definition) is 6. The number of para-hydroxylation sites is 1. The number of hydrazone groups is 1. The minimum absolute atomic E-state index is 0.214. The minimum Gasteiger partial charge on any atom is -0.487 e. The van der Waals surface area contributed by atoms with Crippen molar-refractivity contribution in [2.24, 2.45) is 5.10 Å². The number of carbonyl (C=O) groups excluding carboxylic acids is 1. The van der Waals surface area contributed by atoms with Crippen molar-refractivity contribution >= 4 is 22.5 Å². The van der Waals surface area contributed by atoms with Crippen LogP contribution < -0.4 is 19.6 Å². The van der Waals surface area contributed by atoms with Gasteiger partial charge in [-0.25, -0.2) is 5.43 Å². The number of benzene rings is 3. The lowest BCUT2D eigenvalue weighted by atomic mass is 10.1. The van der Waals surface area contributed by atoms with Gasteiger partial charge in [-0.15, -0.1) is 0 Å². The van der Waals surface area contributed by atoms with E-state index in [0.717, 1.165) is 27.8 Å². The zero-order valence-electron chi connectivity index (χ0n) is 17.9. The molecule has 2 heterocycles. The third-order valence-corrected chi connectivity index (χ3v) is 5.32. The number of pyridine rings is 1. The third kappa shape index (κ3) is 4.48. The summed E-state index contributed by atoms with van der Waals surface area (Å²) < 4.78 is 16.7. The molecule has 0 saturated carbocycles. The van der Waals surface area contributed by atoms with Crippen LogP contribution in [-0.2, 0) is 6.61 Å². The molecule has 4 aromatic rings. The molecule has 164 valence electrons. The highest BCUT2D eigenvalue weighted by atomic mass is 16.7. The Hall–Kier alpha value is -4.39. The van der Waals surface area contributed by atoms with Crippen molar-refractivity contribution in [1.29, 1.82) is 0 Å². The molecular formula is C26H21N3O4. The monoisotopic (exact) mass is 439 g/mol. The van der Waals surface area contributed by atoms with Gasteiger partial charge in [0.2, 0.25) is 6.79 Å². The minimum atomic E-state index is -0.291. The Morgan fingerprint density at radius 2 is 1.79 bits per heavy atom. The van der Waals surface area contributed by atoms with Crippen LogP contribution >= 0.6 is 0 Å². The van der Waals surface area contributed by atoms with Crippen molar-refractivity contribution in [2.45, 2.75) is 13.5 Å². The van der Waals surface area contributed by atoms with Crippen molar-refractivity contribution in [1.82, 2.24) is 10.4 Å². The van der Waals surface area contributed by atoms with Crippen LogP contribution in [0.15, 0.2) is 84.1 Å². The van der Waals surface area contributed by atoms with Gasteiger partial charge in [-0.2, -0.15) is 5.10 Å². The second-order valence-corrected chi connectivity index (χ2v) is 7.52. The van der Waals surface area contributed by atoms with Gasteiger partial charge in [0.05, 0.1) is 5.71 Å². The lowest BCUT2D eigenvalue weighted by molar-refractivity contribution is 0.0954. The second-order valence-electron chi connectivity index (χ2n) is 7.52. The fourth-order valence-electron chi connectivity index (χ4n) is 3.49. The number of hydrogen-bond donors (Lipinski definition) is 1. The zero-order valence-corrected chi connectivity index (χ0v) is 17.9. The molecule has 0 unspecified atom stereocenters. The first kappa shape index (κ1) is 20.5. The number of amides is 1. The predicted octanol–water partition coefficient (Wildman–Crippen LogP) is 4.70. The summed E-state index contributed by atoms with van der Waals surface area (Å²) in [6.45, 7) is 2.41. The first-order chi connectivity index (χ1) is 16.2. The van der Waals surface area contributed by atoms with Crippen LogP contribution in [0.25, 0.3) is 10.9 Å². The van der Waals surface area contributed by atoms with Crippen LogP contribution in [0.1, 0.15) is 28.4 Å². The van der Waals surface area contributed by atoms with Gasteiger partial charge in [-0.05, 0) is 55.0 Å². The van der Waals surface area contributed by atoms with E-state index < -0.39 is 0 Å². The number of ether oxygens (including phenoxy) is 3. The van der Waals surface area contributed by atoms with Gasteiger partial charge in [-0.3, -0.25) is 9.78 Å². The van der Waals surface area contributed by atoms with Gasteiger partial charge in [0.1, 0.15) is 17.9 Å². The molecule has 33 heavy (non-hydrogen) atoms. The molecule has 1 aliphatic rings. The third-order valence-electron chi connectivity index (χ3n) is 5.32. The highest BCUT2D eigenvalue weighted by Crippen LogP contribution is 2.32. The zero-order chi connectivity index (χ0) is 22.6. The molecule has 0 atom stereocenters. The van der Waals surface area contributed by atoms with Crippen LogP contribution in [0, 0.1) is 0 Å². The van der Waals surface area contributed by atoms with Crippen molar-refractivity contribution in [2.75, 3.05) is 6.79 Å². The maximum Gasteiger partial charge on any atom is 0.271 e. The summed E-state index contributed by atoms with van der Waals surface area (Å²) in [5, 5.41) is 5.24. The van der Waals surface area contributed by atoms with E-state index in [-0.39, 0.29) is 12.7 Å². The molecule has 5 rings (SSSR count). The average Bonchev–Trinajstić information content (AvgIpc) is 3.34. The number of aromatic nitrogens is 1. The number of nitrogens with one attached hydrogen (secondary N) is 1. The summed E-state index contributed by atoms with van der Waals surface area (Å²) in [7, 11) is 0. The molecule has 3 aromatic carbocycles. The van der Waals surface area contributed by atoms with Gasteiger partial charge in [0.25, 0.3) is 5.91 Å². The molecule has 1 N–H and O–H groups in total. The van der Waals surface area contributed by atoms with E-state index in [9.17, 15) is 4.79 Å². The van der Waals surface area contributed by atoms with Crippen molar-refractivity contribution in [3.8, 4) is 17.2 Å². The van der Waals surface area contributed by atoms with E-state index in [1.165, 1.54) is 0 Å². The summed E-state index contributed by atoms with van der Waals surface area (Å²) in [6, 6.07) is 22.5. The first-order valence-electron chi connectivity index (χ1n) is 10.5. The largest absolute Gasteiger partial charge is 0.487 e. The van der Waals surface area contributed by atoms with Gasteiger partial charge >= 0.3 is 0 Å². The van der Waals surface area contributed by atoms with E-state index in [4.69, 9.17) is 14.2 Å². The molecule has 0 spiro atoms. The highest BCUT2D eigenvalue weighted by molar-refractivity contribution is 6.01. The first-order valence-corrected chi connectivity index (χ1v) is 10.5. The Morgan fingerprint density at radius 3 is 2.67 bits per heavy atom. The van der Waals surface area contributed by atoms with Crippen molar-refractivity contribution in [3.05, 3.63) is 95.7 Å². The van der Waals surface area contributed by atoms with Crippen LogP contribution in [0.5, 0.6) is 17.2 Å². The summed E-state index contributed by atoms with van der Waals surface area (Å²) in [5.41, 5.74) is 6.38. The molecule has 0 aliphatic carbocycles. The van der Waals surface area contributed by atoms with E-state index in [0.29, 0.717) is 29.4 Å². The van der Waals surface area contributed by atoms with E-state index in [1.807, 2.05) is 67.6 Å². The van der Waals surface area contributed by atoms with Gasteiger partial charge in [0.15, 0.2) is 11.5 Å². The highest BCUT2D eigenvalue weighted by Gasteiger charge is 2.14.